The molecule has 0 spiro atoms. The smallest absolute Gasteiger partial charge is 0.343 e. The van der Waals surface area contributed by atoms with Crippen LogP contribution in [0.3, 0.4) is 0 Å². The first-order valence-corrected chi connectivity index (χ1v) is 7.05. The minimum Gasteiger partial charge on any atom is -0.508 e. The summed E-state index contributed by atoms with van der Waals surface area (Å²) in [5.41, 5.74) is 4.51. The highest BCUT2D eigenvalue weighted by molar-refractivity contribution is 6.05. The SMILES string of the molecule is Cc1ccc(C2=C/C(=C\c3ccc(O)cc3)C(=O)O2)c(C)c1. The monoisotopic (exact) mass is 292 g/mol. The number of phenols is 1. The molecule has 1 heterocycles. The number of aromatic hydroxyl groups is 1. The average molecular weight is 292 g/mol. The average Bonchev–Trinajstić information content (AvgIpc) is 2.82. The Morgan fingerprint density at radius 3 is 2.45 bits per heavy atom. The van der Waals surface area contributed by atoms with Gasteiger partial charge in [-0.05, 0) is 49.3 Å². The van der Waals surface area contributed by atoms with Crippen LogP contribution in [0.1, 0.15) is 22.3 Å². The van der Waals surface area contributed by atoms with Gasteiger partial charge in [0.2, 0.25) is 0 Å². The van der Waals surface area contributed by atoms with Gasteiger partial charge in [0.15, 0.2) is 0 Å². The Kier molecular flexibility index (Phi) is 3.55. The van der Waals surface area contributed by atoms with E-state index in [-0.39, 0.29) is 11.7 Å². The molecule has 110 valence electrons. The fourth-order valence-corrected chi connectivity index (χ4v) is 2.46. The Hall–Kier alpha value is -2.81. The summed E-state index contributed by atoms with van der Waals surface area (Å²) < 4.78 is 5.38. The summed E-state index contributed by atoms with van der Waals surface area (Å²) in [6, 6.07) is 12.7. The first kappa shape index (κ1) is 14.1. The zero-order chi connectivity index (χ0) is 15.7. The van der Waals surface area contributed by atoms with E-state index in [1.54, 1.807) is 36.4 Å². The van der Waals surface area contributed by atoms with Gasteiger partial charge in [0, 0.05) is 5.56 Å². The molecule has 3 heteroatoms. The quantitative estimate of drug-likeness (QED) is 0.672. The number of benzene rings is 2. The summed E-state index contributed by atoms with van der Waals surface area (Å²) in [5, 5.41) is 9.29. The van der Waals surface area contributed by atoms with Gasteiger partial charge in [-0.25, -0.2) is 4.79 Å². The molecule has 0 amide bonds. The van der Waals surface area contributed by atoms with E-state index in [4.69, 9.17) is 4.74 Å². The second kappa shape index (κ2) is 5.53. The minimum absolute atomic E-state index is 0.197. The van der Waals surface area contributed by atoms with E-state index in [0.29, 0.717) is 11.3 Å². The van der Waals surface area contributed by atoms with Crippen LogP contribution in [-0.2, 0) is 9.53 Å². The fraction of sp³-hybridized carbons (Fsp3) is 0.105. The highest BCUT2D eigenvalue weighted by Gasteiger charge is 2.22. The van der Waals surface area contributed by atoms with Gasteiger partial charge in [-0.1, -0.05) is 35.9 Å². The molecule has 1 N–H and O–H groups in total. The molecule has 1 aliphatic rings. The third kappa shape index (κ3) is 2.79. The summed E-state index contributed by atoms with van der Waals surface area (Å²) in [7, 11) is 0. The lowest BCUT2D eigenvalue weighted by Crippen LogP contribution is -1.98. The minimum atomic E-state index is -0.358. The summed E-state index contributed by atoms with van der Waals surface area (Å²) >= 11 is 0. The normalized spacial score (nSPS) is 15.8. The molecule has 0 saturated heterocycles. The van der Waals surface area contributed by atoms with E-state index in [2.05, 4.69) is 6.07 Å². The Labute approximate surface area is 129 Å². The molecule has 0 saturated carbocycles. The maximum Gasteiger partial charge on any atom is 0.343 e. The zero-order valence-corrected chi connectivity index (χ0v) is 12.5. The number of hydrogen-bond acceptors (Lipinski definition) is 3. The van der Waals surface area contributed by atoms with Gasteiger partial charge in [0.1, 0.15) is 11.5 Å². The lowest BCUT2D eigenvalue weighted by atomic mass is 10.0. The Morgan fingerprint density at radius 1 is 1.05 bits per heavy atom. The Bertz CT molecular complexity index is 796. The molecule has 2 aromatic rings. The molecule has 3 rings (SSSR count). The largest absolute Gasteiger partial charge is 0.508 e. The van der Waals surface area contributed by atoms with Crippen LogP contribution in [0.15, 0.2) is 54.1 Å². The second-order valence-electron chi connectivity index (χ2n) is 5.41. The summed E-state index contributed by atoms with van der Waals surface area (Å²) in [4.78, 5) is 12.0. The van der Waals surface area contributed by atoms with Crippen LogP contribution in [0.4, 0.5) is 0 Å². The number of cyclic esters (lactones) is 1. The third-order valence-electron chi connectivity index (χ3n) is 3.59. The fourth-order valence-electron chi connectivity index (χ4n) is 2.46. The third-order valence-corrected chi connectivity index (χ3v) is 3.59. The van der Waals surface area contributed by atoms with Crippen LogP contribution >= 0.6 is 0 Å². The highest BCUT2D eigenvalue weighted by Crippen LogP contribution is 2.29. The van der Waals surface area contributed by atoms with Gasteiger partial charge in [-0.2, -0.15) is 0 Å². The summed E-state index contributed by atoms with van der Waals surface area (Å²) in [6.45, 7) is 4.03. The van der Waals surface area contributed by atoms with Gasteiger partial charge < -0.3 is 9.84 Å². The zero-order valence-electron chi connectivity index (χ0n) is 12.5. The first-order chi connectivity index (χ1) is 10.5. The maximum atomic E-state index is 12.0. The number of phenolic OH excluding ortho intramolecular Hbond substituents is 1. The Balaban J connectivity index is 1.96. The van der Waals surface area contributed by atoms with Crippen molar-refractivity contribution in [3.63, 3.8) is 0 Å². The molecule has 0 unspecified atom stereocenters. The van der Waals surface area contributed by atoms with Crippen LogP contribution in [0.2, 0.25) is 0 Å². The molecule has 0 atom stereocenters. The molecule has 22 heavy (non-hydrogen) atoms. The number of carbonyl (C=O) groups is 1. The van der Waals surface area contributed by atoms with Gasteiger partial charge in [-0.15, -0.1) is 0 Å². The van der Waals surface area contributed by atoms with Crippen LogP contribution in [-0.4, -0.2) is 11.1 Å². The number of ether oxygens (including phenoxy) is 1. The van der Waals surface area contributed by atoms with E-state index in [0.717, 1.165) is 16.7 Å². The van der Waals surface area contributed by atoms with Crippen molar-refractivity contribution in [2.45, 2.75) is 13.8 Å². The van der Waals surface area contributed by atoms with Crippen molar-refractivity contribution in [1.29, 1.82) is 0 Å². The van der Waals surface area contributed by atoms with E-state index in [9.17, 15) is 9.90 Å². The van der Waals surface area contributed by atoms with Crippen molar-refractivity contribution in [3.05, 3.63) is 76.4 Å². The molecule has 0 bridgehead atoms. The van der Waals surface area contributed by atoms with Crippen molar-refractivity contribution >= 4 is 17.8 Å². The van der Waals surface area contributed by atoms with E-state index >= 15 is 0 Å². The van der Waals surface area contributed by atoms with E-state index in [1.807, 2.05) is 26.0 Å². The van der Waals surface area contributed by atoms with Gasteiger partial charge in [-0.3, -0.25) is 0 Å². The molecular formula is C19H16O3. The second-order valence-corrected chi connectivity index (χ2v) is 5.41. The molecule has 2 aromatic carbocycles. The van der Waals surface area contributed by atoms with Crippen LogP contribution < -0.4 is 0 Å². The summed E-state index contributed by atoms with van der Waals surface area (Å²) in [5.74, 6) is 0.415. The number of esters is 1. The number of aryl methyl sites for hydroxylation is 2. The number of carbonyl (C=O) groups excluding carboxylic acids is 1. The Morgan fingerprint density at radius 2 is 1.77 bits per heavy atom. The highest BCUT2D eigenvalue weighted by atomic mass is 16.5. The molecule has 0 fully saturated rings. The van der Waals surface area contributed by atoms with Gasteiger partial charge >= 0.3 is 5.97 Å². The van der Waals surface area contributed by atoms with Crippen LogP contribution in [0, 0.1) is 13.8 Å². The van der Waals surface area contributed by atoms with Crippen LogP contribution in [0.5, 0.6) is 5.75 Å². The predicted molar refractivity (Wildman–Crippen MR) is 86.1 cm³/mol. The molecule has 1 aliphatic heterocycles. The number of hydrogen-bond donors (Lipinski definition) is 1. The van der Waals surface area contributed by atoms with E-state index < -0.39 is 0 Å². The predicted octanol–water partition coefficient (Wildman–Crippen LogP) is 3.99. The lowest BCUT2D eigenvalue weighted by molar-refractivity contribution is -0.130. The van der Waals surface area contributed by atoms with Crippen molar-refractivity contribution in [3.8, 4) is 5.75 Å². The van der Waals surface area contributed by atoms with Crippen LogP contribution in [0.25, 0.3) is 11.8 Å². The van der Waals surface area contributed by atoms with Crippen molar-refractivity contribution in [1.82, 2.24) is 0 Å². The molecular weight excluding hydrogens is 276 g/mol. The van der Waals surface area contributed by atoms with Crippen molar-refractivity contribution in [2.24, 2.45) is 0 Å². The number of rotatable bonds is 2. The molecule has 0 aliphatic carbocycles. The van der Waals surface area contributed by atoms with Gasteiger partial charge in [0.25, 0.3) is 0 Å². The molecule has 0 aromatic heterocycles. The van der Waals surface area contributed by atoms with Crippen molar-refractivity contribution in [2.75, 3.05) is 0 Å². The summed E-state index contributed by atoms with van der Waals surface area (Å²) in [6.07, 6.45) is 3.51. The maximum absolute atomic E-state index is 12.0. The molecule has 3 nitrogen and oxygen atoms in total. The van der Waals surface area contributed by atoms with Crippen molar-refractivity contribution < 1.29 is 14.6 Å². The molecule has 0 radical (unpaired) electrons. The van der Waals surface area contributed by atoms with E-state index in [1.165, 1.54) is 5.56 Å². The van der Waals surface area contributed by atoms with Gasteiger partial charge in [0.05, 0.1) is 5.57 Å². The first-order valence-electron chi connectivity index (χ1n) is 7.05. The standard InChI is InChI=1S/C19H16O3/c1-12-3-8-17(13(2)9-12)18-11-15(19(21)22-18)10-14-4-6-16(20)7-5-14/h3-11,20H,1-2H3/b15-10+. The topological polar surface area (TPSA) is 46.5 Å². The lowest BCUT2D eigenvalue weighted by Gasteiger charge is -2.06.